The van der Waals surface area contributed by atoms with E-state index in [1.165, 1.54) is 19.2 Å². The maximum atomic E-state index is 13.9. The molecular formula is C24H19FO5. The second-order valence-electron chi connectivity index (χ2n) is 6.55. The Labute approximate surface area is 172 Å². The summed E-state index contributed by atoms with van der Waals surface area (Å²) in [5.74, 6) is -0.291. The molecule has 0 radical (unpaired) electrons. The molecule has 0 saturated carbocycles. The summed E-state index contributed by atoms with van der Waals surface area (Å²) in [6.45, 7) is 0.0401. The lowest BCUT2D eigenvalue weighted by atomic mass is 10.1. The molecule has 0 bridgehead atoms. The molecule has 1 aromatic heterocycles. The molecule has 3 aromatic carbocycles. The van der Waals surface area contributed by atoms with E-state index in [4.69, 9.17) is 18.6 Å². The molecule has 30 heavy (non-hydrogen) atoms. The van der Waals surface area contributed by atoms with Crippen molar-refractivity contribution < 1.29 is 27.8 Å². The van der Waals surface area contributed by atoms with E-state index in [1.807, 2.05) is 48.5 Å². The number of para-hydroxylation sites is 2. The van der Waals surface area contributed by atoms with Crippen molar-refractivity contribution in [3.8, 4) is 11.5 Å². The number of esters is 1. The number of carbonyl (C=O) groups is 1. The Morgan fingerprint density at radius 3 is 2.50 bits per heavy atom. The van der Waals surface area contributed by atoms with Gasteiger partial charge in [0.15, 0.2) is 11.6 Å². The van der Waals surface area contributed by atoms with E-state index in [9.17, 15) is 9.18 Å². The highest BCUT2D eigenvalue weighted by Crippen LogP contribution is 2.28. The van der Waals surface area contributed by atoms with Crippen molar-refractivity contribution in [1.82, 2.24) is 0 Å². The molecule has 0 N–H and O–H groups in total. The fraction of sp³-hybridized carbons (Fsp3) is 0.125. The van der Waals surface area contributed by atoms with Crippen LogP contribution in [-0.2, 0) is 18.0 Å². The molecule has 0 unspecified atom stereocenters. The van der Waals surface area contributed by atoms with Crippen LogP contribution in [0.15, 0.2) is 77.2 Å². The average Bonchev–Trinajstić information content (AvgIpc) is 3.15. The fourth-order valence-corrected chi connectivity index (χ4v) is 3.09. The van der Waals surface area contributed by atoms with Crippen molar-refractivity contribution in [2.75, 3.05) is 7.11 Å². The van der Waals surface area contributed by atoms with Crippen LogP contribution in [-0.4, -0.2) is 13.1 Å². The molecule has 1 heterocycles. The summed E-state index contributed by atoms with van der Waals surface area (Å²) in [4.78, 5) is 12.7. The SMILES string of the molecule is COc1ccc(COC(=O)c2oc3ccccc3c2COc2ccccc2)cc1F. The number of carbonyl (C=O) groups excluding carboxylic acids is 1. The minimum absolute atomic E-state index is 0.0705. The second-order valence-corrected chi connectivity index (χ2v) is 6.55. The molecule has 152 valence electrons. The first-order valence-electron chi connectivity index (χ1n) is 9.33. The van der Waals surface area contributed by atoms with Gasteiger partial charge in [0.05, 0.1) is 12.7 Å². The number of ether oxygens (including phenoxy) is 3. The fourth-order valence-electron chi connectivity index (χ4n) is 3.09. The van der Waals surface area contributed by atoms with Crippen LogP contribution in [0.3, 0.4) is 0 Å². The van der Waals surface area contributed by atoms with Crippen LogP contribution in [0.25, 0.3) is 11.0 Å². The normalized spacial score (nSPS) is 10.7. The number of fused-ring (bicyclic) bond motifs is 1. The van der Waals surface area contributed by atoms with E-state index in [2.05, 4.69) is 0 Å². The molecule has 0 spiro atoms. The average molecular weight is 406 g/mol. The Balaban J connectivity index is 1.55. The molecule has 4 aromatic rings. The van der Waals surface area contributed by atoms with E-state index >= 15 is 0 Å². The van der Waals surface area contributed by atoms with Gasteiger partial charge in [-0.25, -0.2) is 9.18 Å². The lowest BCUT2D eigenvalue weighted by Gasteiger charge is -2.08. The number of rotatable bonds is 7. The third kappa shape index (κ3) is 4.12. The Hall–Kier alpha value is -3.80. The maximum Gasteiger partial charge on any atom is 0.375 e. The molecule has 0 atom stereocenters. The Morgan fingerprint density at radius 1 is 0.967 bits per heavy atom. The summed E-state index contributed by atoms with van der Waals surface area (Å²) in [7, 11) is 1.39. The zero-order valence-electron chi connectivity index (χ0n) is 16.3. The third-order valence-corrected chi connectivity index (χ3v) is 4.60. The van der Waals surface area contributed by atoms with Gasteiger partial charge in [0.1, 0.15) is 24.5 Å². The number of halogens is 1. The van der Waals surface area contributed by atoms with E-state index in [1.54, 1.807) is 12.1 Å². The van der Waals surface area contributed by atoms with Crippen LogP contribution in [0.5, 0.6) is 11.5 Å². The second kappa shape index (κ2) is 8.69. The summed E-state index contributed by atoms with van der Waals surface area (Å²) in [5.41, 5.74) is 1.66. The van der Waals surface area contributed by atoms with E-state index < -0.39 is 11.8 Å². The molecule has 0 aliphatic rings. The molecule has 0 fully saturated rings. The third-order valence-electron chi connectivity index (χ3n) is 4.60. The number of hydrogen-bond acceptors (Lipinski definition) is 5. The highest BCUT2D eigenvalue weighted by Gasteiger charge is 2.22. The summed E-state index contributed by atoms with van der Waals surface area (Å²) in [6, 6.07) is 21.0. The molecule has 6 heteroatoms. The first-order chi connectivity index (χ1) is 14.7. The smallest absolute Gasteiger partial charge is 0.375 e. The van der Waals surface area contributed by atoms with Crippen molar-refractivity contribution in [3.05, 3.63) is 95.5 Å². The van der Waals surface area contributed by atoms with Crippen LogP contribution < -0.4 is 9.47 Å². The van der Waals surface area contributed by atoms with Crippen LogP contribution >= 0.6 is 0 Å². The summed E-state index contributed by atoms with van der Waals surface area (Å²) >= 11 is 0. The predicted molar refractivity (Wildman–Crippen MR) is 109 cm³/mol. The number of methoxy groups -OCH3 is 1. The van der Waals surface area contributed by atoms with Gasteiger partial charge in [0.2, 0.25) is 5.76 Å². The van der Waals surface area contributed by atoms with E-state index in [0.717, 1.165) is 5.39 Å². The van der Waals surface area contributed by atoms with Gasteiger partial charge in [-0.1, -0.05) is 42.5 Å². The summed E-state index contributed by atoms with van der Waals surface area (Å²) in [5, 5.41) is 0.774. The standard InChI is InChI=1S/C24H19FO5/c1-27-22-12-11-16(13-20(22)25)14-29-24(26)23-19(15-28-17-7-3-2-4-8-17)18-9-5-6-10-21(18)30-23/h2-13H,14-15H2,1H3. The van der Waals surface area contributed by atoms with E-state index in [0.29, 0.717) is 22.5 Å². The molecule has 0 aliphatic heterocycles. The van der Waals surface area contributed by atoms with Crippen molar-refractivity contribution in [3.63, 3.8) is 0 Å². The van der Waals surface area contributed by atoms with Crippen LogP contribution in [0.4, 0.5) is 4.39 Å². The summed E-state index contributed by atoms with van der Waals surface area (Å²) < 4.78 is 35.7. The van der Waals surface area contributed by atoms with Gasteiger partial charge >= 0.3 is 5.97 Å². The molecule has 0 saturated heterocycles. The predicted octanol–water partition coefficient (Wildman–Crippen LogP) is 5.52. The van der Waals surface area contributed by atoms with Crippen molar-refractivity contribution in [2.45, 2.75) is 13.2 Å². The van der Waals surface area contributed by atoms with Crippen LogP contribution in [0, 0.1) is 5.82 Å². The lowest BCUT2D eigenvalue weighted by molar-refractivity contribution is 0.0434. The molecule has 5 nitrogen and oxygen atoms in total. The molecular weight excluding hydrogens is 387 g/mol. The van der Waals surface area contributed by atoms with Gasteiger partial charge in [0, 0.05) is 5.39 Å². The molecule has 0 aliphatic carbocycles. The summed E-state index contributed by atoms with van der Waals surface area (Å²) in [6.07, 6.45) is 0. The van der Waals surface area contributed by atoms with Gasteiger partial charge in [-0.2, -0.15) is 0 Å². The number of hydrogen-bond donors (Lipinski definition) is 0. The number of benzene rings is 3. The van der Waals surface area contributed by atoms with Gasteiger partial charge in [-0.05, 0) is 35.9 Å². The Morgan fingerprint density at radius 2 is 1.73 bits per heavy atom. The van der Waals surface area contributed by atoms with E-state index in [-0.39, 0.29) is 24.7 Å². The first kappa shape index (κ1) is 19.5. The van der Waals surface area contributed by atoms with Crippen molar-refractivity contribution in [2.24, 2.45) is 0 Å². The molecule has 4 rings (SSSR count). The van der Waals surface area contributed by atoms with Gasteiger partial charge in [-0.15, -0.1) is 0 Å². The zero-order valence-corrected chi connectivity index (χ0v) is 16.3. The molecule has 0 amide bonds. The van der Waals surface area contributed by atoms with Gasteiger partial charge in [-0.3, -0.25) is 0 Å². The highest BCUT2D eigenvalue weighted by molar-refractivity contribution is 5.96. The Kier molecular flexibility index (Phi) is 5.66. The lowest BCUT2D eigenvalue weighted by Crippen LogP contribution is -2.08. The minimum atomic E-state index is -0.644. The topological polar surface area (TPSA) is 57.9 Å². The van der Waals surface area contributed by atoms with Crippen LogP contribution in [0.2, 0.25) is 0 Å². The quantitative estimate of drug-likeness (QED) is 0.379. The van der Waals surface area contributed by atoms with Crippen LogP contribution in [0.1, 0.15) is 21.7 Å². The van der Waals surface area contributed by atoms with Gasteiger partial charge in [0.25, 0.3) is 0 Å². The monoisotopic (exact) mass is 406 g/mol. The highest BCUT2D eigenvalue weighted by atomic mass is 19.1. The minimum Gasteiger partial charge on any atom is -0.494 e. The largest absolute Gasteiger partial charge is 0.494 e. The first-order valence-corrected chi connectivity index (χ1v) is 9.33. The van der Waals surface area contributed by atoms with Crippen molar-refractivity contribution >= 4 is 16.9 Å². The van der Waals surface area contributed by atoms with Gasteiger partial charge < -0.3 is 18.6 Å². The zero-order chi connectivity index (χ0) is 20.9. The maximum absolute atomic E-state index is 13.9. The Bertz CT molecular complexity index is 1170. The van der Waals surface area contributed by atoms with Crippen molar-refractivity contribution in [1.29, 1.82) is 0 Å². The number of furan rings is 1.